The fourth-order valence-electron chi connectivity index (χ4n) is 2.53. The Kier molecular flexibility index (Phi) is 2.73. The highest BCUT2D eigenvalue weighted by Gasteiger charge is 2.41. The second kappa shape index (κ2) is 4.26. The van der Waals surface area contributed by atoms with Crippen LogP contribution in [0.2, 0.25) is 0 Å². The number of benzene rings is 1. The van der Waals surface area contributed by atoms with Gasteiger partial charge in [-0.25, -0.2) is 9.18 Å². The molecule has 0 amide bonds. The highest BCUT2D eigenvalue weighted by Crippen LogP contribution is 2.46. The Balaban J connectivity index is 1.84. The number of rotatable bonds is 5. The second-order valence-corrected chi connectivity index (χ2v) is 5.34. The van der Waals surface area contributed by atoms with E-state index in [1.807, 2.05) is 0 Å². The molecule has 0 unspecified atom stereocenters. The van der Waals surface area contributed by atoms with E-state index in [-0.39, 0.29) is 5.56 Å². The summed E-state index contributed by atoms with van der Waals surface area (Å²) in [4.78, 5) is 11.1. The molecule has 1 aromatic rings. The van der Waals surface area contributed by atoms with Gasteiger partial charge in [0, 0.05) is 11.7 Å². The van der Waals surface area contributed by atoms with Gasteiger partial charge in [0.25, 0.3) is 0 Å². The lowest BCUT2D eigenvalue weighted by atomic mass is 10.1. The van der Waals surface area contributed by atoms with Crippen LogP contribution in [0, 0.1) is 17.7 Å². The van der Waals surface area contributed by atoms with E-state index in [0.29, 0.717) is 23.6 Å². The normalized spacial score (nSPS) is 19.0. The van der Waals surface area contributed by atoms with Crippen molar-refractivity contribution in [3.63, 3.8) is 0 Å². The fourth-order valence-corrected chi connectivity index (χ4v) is 2.53. The van der Waals surface area contributed by atoms with Crippen LogP contribution in [0.15, 0.2) is 18.2 Å². The predicted octanol–water partition coefficient (Wildman–Crippen LogP) is 3.12. The second-order valence-electron chi connectivity index (χ2n) is 5.34. The standard InChI is InChI=1S/C14H16FNO2/c15-10-5-6-12(11(7-10)14(17)18)16-13(8-1-2-8)9-3-4-9/h5-9,13,16H,1-4H2,(H,17,18). The maximum atomic E-state index is 13.1. The largest absolute Gasteiger partial charge is 0.478 e. The van der Waals surface area contributed by atoms with E-state index in [1.54, 1.807) is 0 Å². The van der Waals surface area contributed by atoms with Gasteiger partial charge in [0.1, 0.15) is 5.82 Å². The van der Waals surface area contributed by atoms with E-state index in [9.17, 15) is 9.18 Å². The summed E-state index contributed by atoms with van der Waals surface area (Å²) in [5.74, 6) is -0.247. The first-order chi connectivity index (χ1) is 8.65. The zero-order valence-corrected chi connectivity index (χ0v) is 10.0. The van der Waals surface area contributed by atoms with Gasteiger partial charge in [0.2, 0.25) is 0 Å². The van der Waals surface area contributed by atoms with Gasteiger partial charge < -0.3 is 10.4 Å². The van der Waals surface area contributed by atoms with Crippen LogP contribution in [-0.4, -0.2) is 17.1 Å². The van der Waals surface area contributed by atoms with Gasteiger partial charge in [-0.15, -0.1) is 0 Å². The third-order valence-corrected chi connectivity index (χ3v) is 3.79. The molecule has 2 aliphatic rings. The first-order valence-electron chi connectivity index (χ1n) is 6.44. The molecule has 0 aromatic heterocycles. The Bertz CT molecular complexity index is 469. The Morgan fingerprint density at radius 2 is 1.89 bits per heavy atom. The SMILES string of the molecule is O=C(O)c1cc(F)ccc1NC(C1CC1)C1CC1. The molecular weight excluding hydrogens is 233 g/mol. The van der Waals surface area contributed by atoms with Crippen molar-refractivity contribution in [2.75, 3.05) is 5.32 Å². The van der Waals surface area contributed by atoms with Gasteiger partial charge in [-0.05, 0) is 55.7 Å². The summed E-state index contributed by atoms with van der Waals surface area (Å²) in [7, 11) is 0. The van der Waals surface area contributed by atoms with Crippen LogP contribution in [-0.2, 0) is 0 Å². The molecule has 18 heavy (non-hydrogen) atoms. The predicted molar refractivity (Wildman–Crippen MR) is 66.2 cm³/mol. The highest BCUT2D eigenvalue weighted by molar-refractivity contribution is 5.94. The van der Waals surface area contributed by atoms with Crippen LogP contribution in [0.3, 0.4) is 0 Å². The number of hydrogen-bond donors (Lipinski definition) is 2. The number of hydrogen-bond acceptors (Lipinski definition) is 2. The topological polar surface area (TPSA) is 49.3 Å². The average molecular weight is 249 g/mol. The fraction of sp³-hybridized carbons (Fsp3) is 0.500. The molecule has 0 heterocycles. The van der Waals surface area contributed by atoms with Crippen LogP contribution in [0.1, 0.15) is 36.0 Å². The number of nitrogens with one attached hydrogen (secondary N) is 1. The average Bonchev–Trinajstić information content (AvgIpc) is 3.19. The van der Waals surface area contributed by atoms with Gasteiger partial charge in [-0.1, -0.05) is 0 Å². The number of carboxylic acid groups (broad SMARTS) is 1. The monoisotopic (exact) mass is 249 g/mol. The molecule has 96 valence electrons. The summed E-state index contributed by atoms with van der Waals surface area (Å²) < 4.78 is 13.1. The lowest BCUT2D eigenvalue weighted by Crippen LogP contribution is -2.25. The van der Waals surface area contributed by atoms with Crippen LogP contribution in [0.25, 0.3) is 0 Å². The first-order valence-corrected chi connectivity index (χ1v) is 6.44. The third-order valence-electron chi connectivity index (χ3n) is 3.79. The highest BCUT2D eigenvalue weighted by atomic mass is 19.1. The van der Waals surface area contributed by atoms with Gasteiger partial charge in [-0.2, -0.15) is 0 Å². The summed E-state index contributed by atoms with van der Waals surface area (Å²) >= 11 is 0. The van der Waals surface area contributed by atoms with Crippen LogP contribution in [0.4, 0.5) is 10.1 Å². The van der Waals surface area contributed by atoms with Crippen molar-refractivity contribution in [3.8, 4) is 0 Å². The molecule has 2 aliphatic carbocycles. The molecule has 3 rings (SSSR count). The Hall–Kier alpha value is -1.58. The first kappa shape index (κ1) is 11.5. The molecule has 3 nitrogen and oxygen atoms in total. The van der Waals surface area contributed by atoms with E-state index in [0.717, 1.165) is 6.07 Å². The molecular formula is C14H16FNO2. The van der Waals surface area contributed by atoms with Crippen LogP contribution >= 0.6 is 0 Å². The quantitative estimate of drug-likeness (QED) is 0.843. The van der Waals surface area contributed by atoms with Crippen molar-refractivity contribution in [3.05, 3.63) is 29.6 Å². The van der Waals surface area contributed by atoms with Crippen molar-refractivity contribution < 1.29 is 14.3 Å². The maximum Gasteiger partial charge on any atom is 0.337 e. The molecule has 2 N–H and O–H groups in total. The van der Waals surface area contributed by atoms with Crippen LogP contribution in [0.5, 0.6) is 0 Å². The molecule has 0 spiro atoms. The minimum atomic E-state index is -1.08. The molecule has 2 fully saturated rings. The number of carbonyl (C=O) groups is 1. The lowest BCUT2D eigenvalue weighted by Gasteiger charge is -2.20. The van der Waals surface area contributed by atoms with Crippen molar-refractivity contribution in [2.24, 2.45) is 11.8 Å². The maximum absolute atomic E-state index is 13.1. The minimum absolute atomic E-state index is 0.0290. The van der Waals surface area contributed by atoms with Crippen LogP contribution < -0.4 is 5.32 Å². The number of halogens is 1. The Morgan fingerprint density at radius 1 is 1.28 bits per heavy atom. The van der Waals surface area contributed by atoms with Gasteiger partial charge in [0.05, 0.1) is 5.56 Å². The molecule has 0 saturated heterocycles. The van der Waals surface area contributed by atoms with Crippen molar-refractivity contribution >= 4 is 11.7 Å². The van der Waals surface area contributed by atoms with Crippen molar-refractivity contribution in [2.45, 2.75) is 31.7 Å². The van der Waals surface area contributed by atoms with E-state index >= 15 is 0 Å². The number of aromatic carboxylic acids is 1. The van der Waals surface area contributed by atoms with Gasteiger partial charge in [0.15, 0.2) is 0 Å². The summed E-state index contributed by atoms with van der Waals surface area (Å²) in [6.07, 6.45) is 4.88. The molecule has 0 aliphatic heterocycles. The zero-order chi connectivity index (χ0) is 12.7. The van der Waals surface area contributed by atoms with Gasteiger partial charge in [-0.3, -0.25) is 0 Å². The minimum Gasteiger partial charge on any atom is -0.478 e. The molecule has 2 saturated carbocycles. The van der Waals surface area contributed by atoms with Crippen molar-refractivity contribution in [1.82, 2.24) is 0 Å². The smallest absolute Gasteiger partial charge is 0.337 e. The molecule has 0 bridgehead atoms. The lowest BCUT2D eigenvalue weighted by molar-refractivity contribution is 0.0697. The van der Waals surface area contributed by atoms with Crippen molar-refractivity contribution in [1.29, 1.82) is 0 Å². The summed E-state index contributed by atoms with van der Waals surface area (Å²) in [5, 5.41) is 12.4. The molecule has 4 heteroatoms. The summed E-state index contributed by atoms with van der Waals surface area (Å²) in [5.41, 5.74) is 0.578. The summed E-state index contributed by atoms with van der Waals surface area (Å²) in [6.45, 7) is 0. The Morgan fingerprint density at radius 3 is 2.39 bits per heavy atom. The number of anilines is 1. The zero-order valence-electron chi connectivity index (χ0n) is 10.0. The van der Waals surface area contributed by atoms with E-state index in [2.05, 4.69) is 5.32 Å². The number of carboxylic acids is 1. The summed E-state index contributed by atoms with van der Waals surface area (Å²) in [6, 6.07) is 4.30. The Labute approximate surface area is 105 Å². The van der Waals surface area contributed by atoms with E-state index in [4.69, 9.17) is 5.11 Å². The van der Waals surface area contributed by atoms with E-state index in [1.165, 1.54) is 37.8 Å². The molecule has 0 atom stereocenters. The van der Waals surface area contributed by atoms with E-state index < -0.39 is 11.8 Å². The third kappa shape index (κ3) is 2.33. The molecule has 0 radical (unpaired) electrons. The van der Waals surface area contributed by atoms with Gasteiger partial charge >= 0.3 is 5.97 Å². The molecule has 1 aromatic carbocycles.